The Morgan fingerprint density at radius 3 is 3.12 bits per heavy atom. The van der Waals surface area contributed by atoms with Crippen molar-refractivity contribution in [1.29, 1.82) is 0 Å². The van der Waals surface area contributed by atoms with Gasteiger partial charge >= 0.3 is 0 Å². The van der Waals surface area contributed by atoms with E-state index in [-0.39, 0.29) is 17.5 Å². The predicted octanol–water partition coefficient (Wildman–Crippen LogP) is 1.48. The molecule has 2 aliphatic heterocycles. The SMILES string of the molecule is O=C(NCC1CCCCN1CCn1nc2c(cc1=O)COCC2)c1ccc2nc[nH]c2c1. The van der Waals surface area contributed by atoms with Gasteiger partial charge < -0.3 is 15.0 Å². The molecule has 0 aliphatic carbocycles. The van der Waals surface area contributed by atoms with Crippen LogP contribution < -0.4 is 10.9 Å². The zero-order valence-corrected chi connectivity index (χ0v) is 18.0. The highest BCUT2D eigenvalue weighted by Crippen LogP contribution is 2.17. The Bertz CT molecular complexity index is 1170. The molecule has 168 valence electrons. The van der Waals surface area contributed by atoms with Gasteiger partial charge in [-0.1, -0.05) is 6.42 Å². The van der Waals surface area contributed by atoms with Gasteiger partial charge in [-0.05, 0) is 37.6 Å². The number of hydrogen-bond acceptors (Lipinski definition) is 6. The number of imidazole rings is 1. The van der Waals surface area contributed by atoms with Gasteiger partial charge in [0.05, 0.1) is 42.8 Å². The molecular weight excluding hydrogens is 408 g/mol. The first-order valence-corrected chi connectivity index (χ1v) is 11.3. The average Bonchev–Trinajstić information content (AvgIpc) is 3.29. The fourth-order valence-electron chi connectivity index (χ4n) is 4.61. The highest BCUT2D eigenvalue weighted by Gasteiger charge is 2.23. The van der Waals surface area contributed by atoms with E-state index in [9.17, 15) is 9.59 Å². The molecule has 0 saturated carbocycles. The number of ether oxygens (including phenoxy) is 1. The van der Waals surface area contributed by atoms with Gasteiger partial charge in [-0.2, -0.15) is 5.10 Å². The van der Waals surface area contributed by atoms with Crippen molar-refractivity contribution in [2.45, 2.75) is 44.9 Å². The summed E-state index contributed by atoms with van der Waals surface area (Å²) in [4.78, 5) is 34.8. The van der Waals surface area contributed by atoms with Gasteiger partial charge in [0.25, 0.3) is 11.5 Å². The lowest BCUT2D eigenvalue weighted by Gasteiger charge is -2.35. The van der Waals surface area contributed by atoms with Crippen LogP contribution in [0.3, 0.4) is 0 Å². The van der Waals surface area contributed by atoms with Gasteiger partial charge in [-0.3, -0.25) is 14.5 Å². The first kappa shape index (κ1) is 20.8. The number of amides is 1. The minimum atomic E-state index is -0.0817. The van der Waals surface area contributed by atoms with E-state index in [4.69, 9.17) is 4.74 Å². The predicted molar refractivity (Wildman–Crippen MR) is 119 cm³/mol. The minimum Gasteiger partial charge on any atom is -0.376 e. The Morgan fingerprint density at radius 2 is 2.19 bits per heavy atom. The van der Waals surface area contributed by atoms with Crippen LogP contribution in [0.25, 0.3) is 11.0 Å². The van der Waals surface area contributed by atoms with Crippen LogP contribution >= 0.6 is 0 Å². The molecule has 4 heterocycles. The van der Waals surface area contributed by atoms with E-state index in [1.807, 2.05) is 12.1 Å². The van der Waals surface area contributed by atoms with E-state index in [2.05, 4.69) is 25.3 Å². The molecule has 1 amide bonds. The molecule has 32 heavy (non-hydrogen) atoms. The Labute approximate surface area is 185 Å². The minimum absolute atomic E-state index is 0.0784. The van der Waals surface area contributed by atoms with Crippen molar-refractivity contribution in [3.05, 3.63) is 57.8 Å². The van der Waals surface area contributed by atoms with Gasteiger partial charge in [0, 0.05) is 42.7 Å². The third-order valence-electron chi connectivity index (χ3n) is 6.43. The molecule has 0 radical (unpaired) electrons. The summed E-state index contributed by atoms with van der Waals surface area (Å²) in [6.07, 6.45) is 5.68. The van der Waals surface area contributed by atoms with Crippen molar-refractivity contribution in [2.75, 3.05) is 26.2 Å². The molecule has 5 rings (SSSR count). The normalized spacial score (nSPS) is 19.1. The molecule has 3 aromatic rings. The van der Waals surface area contributed by atoms with Crippen LogP contribution in [0.15, 0.2) is 35.4 Å². The Morgan fingerprint density at radius 1 is 1.25 bits per heavy atom. The number of piperidine rings is 1. The van der Waals surface area contributed by atoms with Crippen molar-refractivity contribution in [1.82, 2.24) is 30.0 Å². The standard InChI is InChI=1S/C23H28N6O3/c30-22-12-17-14-32-10-6-19(17)27-29(22)9-8-28-7-2-1-3-18(28)13-24-23(31)16-4-5-20-21(11-16)26-15-25-20/h4-5,11-12,15,18H,1-3,6-10,13-14H2,(H,24,31)(H,25,26). The number of benzene rings is 1. The smallest absolute Gasteiger partial charge is 0.267 e. The van der Waals surface area contributed by atoms with E-state index < -0.39 is 0 Å². The quantitative estimate of drug-likeness (QED) is 0.606. The number of fused-ring (bicyclic) bond motifs is 2. The first-order valence-electron chi connectivity index (χ1n) is 11.3. The maximum Gasteiger partial charge on any atom is 0.267 e. The molecule has 9 nitrogen and oxygen atoms in total. The molecule has 2 aliphatic rings. The van der Waals surface area contributed by atoms with Gasteiger partial charge in [0.2, 0.25) is 0 Å². The third kappa shape index (κ3) is 4.44. The molecule has 1 fully saturated rings. The van der Waals surface area contributed by atoms with Gasteiger partial charge in [0.1, 0.15) is 0 Å². The maximum atomic E-state index is 12.7. The van der Waals surface area contributed by atoms with E-state index >= 15 is 0 Å². The Kier molecular flexibility index (Phi) is 6.00. The van der Waals surface area contributed by atoms with Crippen LogP contribution in [0.4, 0.5) is 0 Å². The van der Waals surface area contributed by atoms with Crippen molar-refractivity contribution in [3.8, 4) is 0 Å². The van der Waals surface area contributed by atoms with Crippen LogP contribution in [0.1, 0.15) is 40.9 Å². The second-order valence-corrected chi connectivity index (χ2v) is 8.51. The van der Waals surface area contributed by atoms with Crippen LogP contribution in [0.5, 0.6) is 0 Å². The Balaban J connectivity index is 1.20. The molecule has 2 aromatic heterocycles. The molecule has 1 unspecified atom stereocenters. The van der Waals surface area contributed by atoms with Crippen molar-refractivity contribution in [3.63, 3.8) is 0 Å². The van der Waals surface area contributed by atoms with Gasteiger partial charge in [-0.25, -0.2) is 9.67 Å². The number of likely N-dealkylation sites (tertiary alicyclic amines) is 1. The fraction of sp³-hybridized carbons (Fsp3) is 0.478. The van der Waals surface area contributed by atoms with E-state index in [1.54, 1.807) is 23.1 Å². The van der Waals surface area contributed by atoms with E-state index in [0.29, 0.717) is 31.9 Å². The average molecular weight is 437 g/mol. The molecule has 9 heteroatoms. The number of nitrogens with one attached hydrogen (secondary N) is 2. The maximum absolute atomic E-state index is 12.7. The van der Waals surface area contributed by atoms with Crippen molar-refractivity contribution in [2.24, 2.45) is 0 Å². The lowest BCUT2D eigenvalue weighted by atomic mass is 10.0. The lowest BCUT2D eigenvalue weighted by molar-refractivity contribution is 0.0907. The summed E-state index contributed by atoms with van der Waals surface area (Å²) < 4.78 is 7.00. The molecule has 1 saturated heterocycles. The summed E-state index contributed by atoms with van der Waals surface area (Å²) in [7, 11) is 0. The molecule has 1 aromatic carbocycles. The van der Waals surface area contributed by atoms with Gasteiger partial charge in [0.15, 0.2) is 0 Å². The highest BCUT2D eigenvalue weighted by atomic mass is 16.5. The third-order valence-corrected chi connectivity index (χ3v) is 6.43. The molecule has 2 N–H and O–H groups in total. The second kappa shape index (κ2) is 9.22. The van der Waals surface area contributed by atoms with E-state index in [1.165, 1.54) is 0 Å². The Hall–Kier alpha value is -3.04. The van der Waals surface area contributed by atoms with Crippen LogP contribution in [-0.2, 0) is 24.3 Å². The number of carbonyl (C=O) groups is 1. The van der Waals surface area contributed by atoms with Crippen LogP contribution in [0.2, 0.25) is 0 Å². The number of rotatable bonds is 6. The van der Waals surface area contributed by atoms with Crippen molar-refractivity contribution < 1.29 is 9.53 Å². The largest absolute Gasteiger partial charge is 0.376 e. The number of aromatic amines is 1. The summed E-state index contributed by atoms with van der Waals surface area (Å²) in [5.41, 5.74) is 4.12. The number of H-pyrrole nitrogens is 1. The monoisotopic (exact) mass is 436 g/mol. The summed E-state index contributed by atoms with van der Waals surface area (Å²) in [6, 6.07) is 7.39. The number of aromatic nitrogens is 4. The summed E-state index contributed by atoms with van der Waals surface area (Å²) >= 11 is 0. The summed E-state index contributed by atoms with van der Waals surface area (Å²) in [5.74, 6) is -0.0817. The summed E-state index contributed by atoms with van der Waals surface area (Å²) in [6.45, 7) is 3.97. The molecule has 0 bridgehead atoms. The molecule has 1 atom stereocenters. The number of carbonyl (C=O) groups excluding carboxylic acids is 1. The van der Waals surface area contributed by atoms with Crippen molar-refractivity contribution >= 4 is 16.9 Å². The van der Waals surface area contributed by atoms with E-state index in [0.717, 1.165) is 61.1 Å². The van der Waals surface area contributed by atoms with Gasteiger partial charge in [-0.15, -0.1) is 0 Å². The van der Waals surface area contributed by atoms with Crippen LogP contribution in [-0.4, -0.2) is 62.8 Å². The molecule has 0 spiro atoms. The molecular formula is C23H28N6O3. The number of nitrogens with zero attached hydrogens (tertiary/aromatic N) is 4. The lowest BCUT2D eigenvalue weighted by Crippen LogP contribution is -2.48. The second-order valence-electron chi connectivity index (χ2n) is 8.51. The zero-order chi connectivity index (χ0) is 21.9. The topological polar surface area (TPSA) is 105 Å². The van der Waals surface area contributed by atoms with Crippen LogP contribution in [0, 0.1) is 0 Å². The number of hydrogen-bond donors (Lipinski definition) is 2. The first-order chi connectivity index (χ1) is 15.7. The highest BCUT2D eigenvalue weighted by molar-refractivity contribution is 5.97. The zero-order valence-electron chi connectivity index (χ0n) is 18.0. The summed E-state index contributed by atoms with van der Waals surface area (Å²) in [5, 5.41) is 7.67. The fourth-order valence-corrected chi connectivity index (χ4v) is 4.61.